The molecule has 0 fully saturated rings. The highest BCUT2D eigenvalue weighted by molar-refractivity contribution is 5.91. The van der Waals surface area contributed by atoms with Gasteiger partial charge in [-0.15, -0.1) is 0 Å². The van der Waals surface area contributed by atoms with Crippen LogP contribution in [-0.2, 0) is 13.1 Å². The van der Waals surface area contributed by atoms with Crippen LogP contribution in [0.2, 0.25) is 0 Å². The average Bonchev–Trinajstić information content (AvgIpc) is 3.42. The quantitative estimate of drug-likeness (QED) is 0.483. The average molecular weight is 427 g/mol. The molecule has 11 heteroatoms. The first-order valence-electron chi connectivity index (χ1n) is 9.67. The number of nitrogens with one attached hydrogen (secondary N) is 1. The summed E-state index contributed by atoms with van der Waals surface area (Å²) in [6, 6.07) is 3.59. The van der Waals surface area contributed by atoms with Gasteiger partial charge in [-0.25, -0.2) is 14.2 Å². The molecule has 1 atom stereocenters. The van der Waals surface area contributed by atoms with Crippen LogP contribution in [0.3, 0.4) is 0 Å². The molecule has 162 valence electrons. The number of carbonyl (C=O) groups is 1. The molecule has 3 heterocycles. The third kappa shape index (κ3) is 4.25. The minimum absolute atomic E-state index is 0.134. The number of halogens is 1. The van der Waals surface area contributed by atoms with E-state index in [0.29, 0.717) is 29.7 Å². The Morgan fingerprint density at radius 3 is 2.81 bits per heavy atom. The van der Waals surface area contributed by atoms with E-state index in [9.17, 15) is 14.3 Å². The molecule has 1 aromatic carbocycles. The van der Waals surface area contributed by atoms with E-state index in [1.807, 2.05) is 31.5 Å². The molecule has 0 saturated carbocycles. The summed E-state index contributed by atoms with van der Waals surface area (Å²) in [6.45, 7) is 6.63. The van der Waals surface area contributed by atoms with Crippen molar-refractivity contribution >= 4 is 17.0 Å². The predicted octanol–water partition coefficient (Wildman–Crippen LogP) is 3.48. The second-order valence-electron chi connectivity index (χ2n) is 8.24. The summed E-state index contributed by atoms with van der Waals surface area (Å²) in [4.78, 5) is 19.7. The van der Waals surface area contributed by atoms with Crippen LogP contribution in [0.1, 0.15) is 32.6 Å². The van der Waals surface area contributed by atoms with Crippen molar-refractivity contribution in [1.82, 2.24) is 34.8 Å². The summed E-state index contributed by atoms with van der Waals surface area (Å²) >= 11 is 0. The molecule has 10 nitrogen and oxygen atoms in total. The maximum Gasteiger partial charge on any atom is 0.405 e. The molecule has 0 radical (unpaired) electrons. The normalized spacial score (nSPS) is 12.9. The molecular formula is C20H22FN7O3. The first-order chi connectivity index (χ1) is 14.7. The standard InChI is InChI=1S/C20H22FN7O3/c1-20(2,3)16(23-19(29)30)17-24-18(31-26-17)15-13-10-12(21)4-5-14(13)25-28(15)9-8-27-7-6-22-11-27/h4-7,10-11,16,23H,8-9H2,1-3H3,(H,29,30). The molecule has 0 aliphatic heterocycles. The fourth-order valence-electron chi connectivity index (χ4n) is 3.36. The van der Waals surface area contributed by atoms with Crippen molar-refractivity contribution in [2.45, 2.75) is 39.9 Å². The molecule has 4 aromatic rings. The number of fused-ring (bicyclic) bond motifs is 1. The Bertz CT molecular complexity index is 1210. The second-order valence-corrected chi connectivity index (χ2v) is 8.24. The number of imidazole rings is 1. The van der Waals surface area contributed by atoms with Crippen LogP contribution in [-0.4, -0.2) is 40.7 Å². The number of nitrogens with zero attached hydrogens (tertiary/aromatic N) is 6. The number of amides is 1. The first-order valence-corrected chi connectivity index (χ1v) is 9.67. The number of aryl methyl sites for hydroxylation is 2. The number of hydrogen-bond donors (Lipinski definition) is 2. The minimum Gasteiger partial charge on any atom is -0.465 e. The lowest BCUT2D eigenvalue weighted by atomic mass is 9.86. The molecule has 2 N–H and O–H groups in total. The Hall–Kier alpha value is -3.76. The third-order valence-electron chi connectivity index (χ3n) is 4.87. The second kappa shape index (κ2) is 7.82. The smallest absolute Gasteiger partial charge is 0.405 e. The number of hydrogen-bond acceptors (Lipinski definition) is 6. The maximum atomic E-state index is 14.0. The highest BCUT2D eigenvalue weighted by Gasteiger charge is 2.33. The van der Waals surface area contributed by atoms with Crippen LogP contribution >= 0.6 is 0 Å². The molecule has 1 unspecified atom stereocenters. The van der Waals surface area contributed by atoms with E-state index in [4.69, 9.17) is 4.52 Å². The minimum atomic E-state index is -1.19. The van der Waals surface area contributed by atoms with Gasteiger partial charge in [-0.1, -0.05) is 25.9 Å². The van der Waals surface area contributed by atoms with Crippen molar-refractivity contribution in [3.63, 3.8) is 0 Å². The first kappa shape index (κ1) is 20.5. The summed E-state index contributed by atoms with van der Waals surface area (Å²) in [5.41, 5.74) is 0.546. The van der Waals surface area contributed by atoms with E-state index in [1.54, 1.807) is 23.3 Å². The van der Waals surface area contributed by atoms with E-state index in [2.05, 4.69) is 25.5 Å². The van der Waals surface area contributed by atoms with Gasteiger partial charge >= 0.3 is 6.09 Å². The van der Waals surface area contributed by atoms with Gasteiger partial charge in [0.15, 0.2) is 5.82 Å². The van der Waals surface area contributed by atoms with Crippen LogP contribution in [0, 0.1) is 11.2 Å². The van der Waals surface area contributed by atoms with E-state index in [0.717, 1.165) is 0 Å². The van der Waals surface area contributed by atoms with Gasteiger partial charge in [0.1, 0.15) is 17.6 Å². The Balaban J connectivity index is 1.77. The molecule has 0 aliphatic rings. The number of carboxylic acid groups (broad SMARTS) is 1. The number of benzene rings is 1. The van der Waals surface area contributed by atoms with E-state index >= 15 is 0 Å². The predicted molar refractivity (Wildman–Crippen MR) is 109 cm³/mol. The van der Waals surface area contributed by atoms with Gasteiger partial charge in [0, 0.05) is 24.3 Å². The zero-order chi connectivity index (χ0) is 22.2. The van der Waals surface area contributed by atoms with Crippen molar-refractivity contribution in [2.75, 3.05) is 0 Å². The summed E-state index contributed by atoms with van der Waals surface area (Å²) < 4.78 is 23.1. The number of rotatable bonds is 6. The maximum absolute atomic E-state index is 14.0. The molecule has 0 saturated heterocycles. The molecule has 0 bridgehead atoms. The number of aromatic nitrogens is 6. The molecule has 3 aromatic heterocycles. The van der Waals surface area contributed by atoms with Gasteiger partial charge in [-0.2, -0.15) is 10.1 Å². The largest absolute Gasteiger partial charge is 0.465 e. The van der Waals surface area contributed by atoms with Gasteiger partial charge < -0.3 is 19.5 Å². The highest BCUT2D eigenvalue weighted by atomic mass is 19.1. The van der Waals surface area contributed by atoms with Crippen molar-refractivity contribution in [1.29, 1.82) is 0 Å². The van der Waals surface area contributed by atoms with Gasteiger partial charge in [0.05, 0.1) is 18.4 Å². The van der Waals surface area contributed by atoms with Crippen molar-refractivity contribution in [3.05, 3.63) is 48.6 Å². The van der Waals surface area contributed by atoms with Crippen molar-refractivity contribution in [3.8, 4) is 11.6 Å². The Kier molecular flexibility index (Phi) is 5.17. The van der Waals surface area contributed by atoms with Crippen LogP contribution in [0.15, 0.2) is 41.4 Å². The fraction of sp³-hybridized carbons (Fsp3) is 0.350. The van der Waals surface area contributed by atoms with Crippen LogP contribution in [0.4, 0.5) is 9.18 Å². The lowest BCUT2D eigenvalue weighted by Crippen LogP contribution is -2.36. The SMILES string of the molecule is CC(C)(C)C(NC(=O)O)c1noc(-c2c3cc(F)ccc3nn2CCn2ccnc2)n1. The van der Waals surface area contributed by atoms with E-state index in [1.165, 1.54) is 12.1 Å². The molecule has 31 heavy (non-hydrogen) atoms. The monoisotopic (exact) mass is 427 g/mol. The summed E-state index contributed by atoms with van der Waals surface area (Å²) in [5, 5.41) is 20.8. The van der Waals surface area contributed by atoms with Crippen LogP contribution < -0.4 is 5.32 Å². The topological polar surface area (TPSA) is 124 Å². The van der Waals surface area contributed by atoms with Crippen LogP contribution in [0.25, 0.3) is 22.5 Å². The Morgan fingerprint density at radius 1 is 1.32 bits per heavy atom. The molecule has 0 aliphatic carbocycles. The molecule has 4 rings (SSSR count). The lowest BCUT2D eigenvalue weighted by molar-refractivity contribution is 0.172. The van der Waals surface area contributed by atoms with Gasteiger partial charge in [-0.3, -0.25) is 4.68 Å². The zero-order valence-corrected chi connectivity index (χ0v) is 17.3. The summed E-state index contributed by atoms with van der Waals surface area (Å²) in [5.74, 6) is -0.0882. The Labute approximate surface area is 176 Å². The lowest BCUT2D eigenvalue weighted by Gasteiger charge is -2.27. The fourth-order valence-corrected chi connectivity index (χ4v) is 3.36. The van der Waals surface area contributed by atoms with Crippen molar-refractivity contribution < 1.29 is 18.8 Å². The van der Waals surface area contributed by atoms with Crippen LogP contribution in [0.5, 0.6) is 0 Å². The van der Waals surface area contributed by atoms with Crippen molar-refractivity contribution in [2.24, 2.45) is 5.41 Å². The summed E-state index contributed by atoms with van der Waals surface area (Å²) in [7, 11) is 0. The Morgan fingerprint density at radius 2 is 2.13 bits per heavy atom. The van der Waals surface area contributed by atoms with E-state index < -0.39 is 23.4 Å². The summed E-state index contributed by atoms with van der Waals surface area (Å²) in [6.07, 6.45) is 4.02. The zero-order valence-electron chi connectivity index (χ0n) is 17.3. The van der Waals surface area contributed by atoms with E-state index in [-0.39, 0.29) is 11.7 Å². The molecular weight excluding hydrogens is 405 g/mol. The van der Waals surface area contributed by atoms with Gasteiger partial charge in [-0.05, 0) is 23.6 Å². The molecule has 1 amide bonds. The third-order valence-corrected chi connectivity index (χ3v) is 4.87. The highest BCUT2D eigenvalue weighted by Crippen LogP contribution is 2.34. The van der Waals surface area contributed by atoms with Gasteiger partial charge in [0.25, 0.3) is 5.89 Å². The molecule has 0 spiro atoms. The van der Waals surface area contributed by atoms with Gasteiger partial charge in [0.2, 0.25) is 0 Å².